The second-order valence-corrected chi connectivity index (χ2v) is 6.49. The predicted molar refractivity (Wildman–Crippen MR) is 84.7 cm³/mol. The van der Waals surface area contributed by atoms with Crippen LogP contribution in [0.3, 0.4) is 0 Å². The number of carbonyl (C=O) groups excluding carboxylic acids is 1. The highest BCUT2D eigenvalue weighted by Gasteiger charge is 2.41. The highest BCUT2D eigenvalue weighted by Crippen LogP contribution is 2.43. The molecule has 4 rings (SSSR count). The van der Waals surface area contributed by atoms with Crippen LogP contribution < -0.4 is 16.6 Å². The molecule has 0 amide bonds. The molecule has 0 aromatic carbocycles. The van der Waals surface area contributed by atoms with Gasteiger partial charge in [0.2, 0.25) is 0 Å². The number of cyclic esters (lactones) is 1. The molecule has 23 heavy (non-hydrogen) atoms. The van der Waals surface area contributed by atoms with E-state index in [4.69, 9.17) is 4.74 Å². The van der Waals surface area contributed by atoms with Crippen molar-refractivity contribution in [2.24, 2.45) is 14.1 Å². The number of esters is 1. The Morgan fingerprint density at radius 1 is 1.26 bits per heavy atom. The normalized spacial score (nSPS) is 19.2. The van der Waals surface area contributed by atoms with Crippen molar-refractivity contribution in [2.75, 3.05) is 11.9 Å². The van der Waals surface area contributed by atoms with Crippen LogP contribution in [-0.2, 0) is 23.6 Å². The minimum absolute atomic E-state index is 0.124. The molecule has 8 heteroatoms. The Labute approximate surface area is 134 Å². The lowest BCUT2D eigenvalue weighted by Crippen LogP contribution is -2.43. The van der Waals surface area contributed by atoms with E-state index in [2.05, 4.69) is 5.32 Å². The summed E-state index contributed by atoms with van der Waals surface area (Å²) in [6.45, 7) is 0.124. The fourth-order valence-corrected chi connectivity index (χ4v) is 3.96. The lowest BCUT2D eigenvalue weighted by Gasteiger charge is -2.27. The number of ether oxygens (including phenoxy) is 1. The van der Waals surface area contributed by atoms with Crippen molar-refractivity contribution in [3.63, 3.8) is 0 Å². The predicted octanol–water partition coefficient (Wildman–Crippen LogP) is 0.514. The first kappa shape index (κ1) is 14.0. The molecule has 0 saturated heterocycles. The maximum atomic E-state index is 12.7. The zero-order chi connectivity index (χ0) is 16.3. The first-order valence-electron chi connectivity index (χ1n) is 7.01. The Bertz CT molecular complexity index is 981. The summed E-state index contributed by atoms with van der Waals surface area (Å²) in [7, 11) is 3.04. The minimum Gasteiger partial charge on any atom is -0.456 e. The van der Waals surface area contributed by atoms with E-state index in [1.807, 2.05) is 17.5 Å². The van der Waals surface area contributed by atoms with Gasteiger partial charge in [-0.25, -0.2) is 9.59 Å². The van der Waals surface area contributed by atoms with Crippen molar-refractivity contribution in [3.8, 4) is 0 Å². The monoisotopic (exact) mass is 331 g/mol. The topological polar surface area (TPSA) is 82.3 Å². The lowest BCUT2D eigenvalue weighted by atomic mass is 9.87. The fourth-order valence-electron chi connectivity index (χ4n) is 3.12. The third kappa shape index (κ3) is 1.78. The zero-order valence-electron chi connectivity index (χ0n) is 12.5. The van der Waals surface area contributed by atoms with Crippen LogP contribution in [-0.4, -0.2) is 21.7 Å². The lowest BCUT2D eigenvalue weighted by molar-refractivity contribution is -0.136. The summed E-state index contributed by atoms with van der Waals surface area (Å²) in [5.41, 5.74) is 0.648. The van der Waals surface area contributed by atoms with Crippen molar-refractivity contribution in [1.82, 2.24) is 9.13 Å². The van der Waals surface area contributed by atoms with Gasteiger partial charge in [0, 0.05) is 19.0 Å². The molecule has 1 unspecified atom stereocenters. The van der Waals surface area contributed by atoms with Crippen molar-refractivity contribution in [3.05, 3.63) is 60.1 Å². The fraction of sp³-hybridized carbons (Fsp3) is 0.267. The smallest absolute Gasteiger partial charge is 0.337 e. The summed E-state index contributed by atoms with van der Waals surface area (Å²) >= 11 is 1.46. The number of carbonyl (C=O) groups is 1. The molecule has 2 aliphatic rings. The molecule has 1 N–H and O–H groups in total. The molecule has 0 radical (unpaired) electrons. The van der Waals surface area contributed by atoms with Gasteiger partial charge >= 0.3 is 11.7 Å². The first-order valence-corrected chi connectivity index (χ1v) is 7.89. The van der Waals surface area contributed by atoms with Gasteiger partial charge in [-0.1, -0.05) is 6.07 Å². The summed E-state index contributed by atoms with van der Waals surface area (Å²) in [6, 6.07) is 3.75. The van der Waals surface area contributed by atoms with Crippen LogP contribution >= 0.6 is 11.3 Å². The van der Waals surface area contributed by atoms with E-state index < -0.39 is 23.1 Å². The number of hydrogen-bond acceptors (Lipinski definition) is 6. The molecular formula is C15H13N3O4S. The Morgan fingerprint density at radius 2 is 2.04 bits per heavy atom. The molecule has 1 atom stereocenters. The molecule has 118 valence electrons. The molecule has 0 bridgehead atoms. The molecule has 2 aromatic rings. The maximum Gasteiger partial charge on any atom is 0.337 e. The van der Waals surface area contributed by atoms with Crippen LogP contribution in [0.1, 0.15) is 16.4 Å². The summed E-state index contributed by atoms with van der Waals surface area (Å²) in [6.07, 6.45) is 0. The van der Waals surface area contributed by atoms with E-state index in [-0.39, 0.29) is 6.61 Å². The van der Waals surface area contributed by atoms with Gasteiger partial charge in [-0.05, 0) is 11.4 Å². The van der Waals surface area contributed by atoms with Crippen LogP contribution in [0.15, 0.2) is 38.4 Å². The number of rotatable bonds is 1. The number of anilines is 1. The zero-order valence-corrected chi connectivity index (χ0v) is 13.3. The van der Waals surface area contributed by atoms with Crippen LogP contribution in [0, 0.1) is 0 Å². The molecule has 2 aliphatic heterocycles. The van der Waals surface area contributed by atoms with Gasteiger partial charge in [-0.15, -0.1) is 11.3 Å². The van der Waals surface area contributed by atoms with Gasteiger partial charge in [0.15, 0.2) is 0 Å². The highest BCUT2D eigenvalue weighted by atomic mass is 32.1. The van der Waals surface area contributed by atoms with E-state index >= 15 is 0 Å². The quantitative estimate of drug-likeness (QED) is 0.770. The van der Waals surface area contributed by atoms with E-state index in [0.717, 1.165) is 9.44 Å². The standard InChI is InChI=1S/C15H13N3O4S/c1-17-12-11(13(19)18(2)15(17)21)10(8-4-3-5-23-8)9-7(16-12)6-22-14(9)20/h3-5,10,16H,6H2,1-2H3. The summed E-state index contributed by atoms with van der Waals surface area (Å²) in [5, 5.41) is 4.94. The van der Waals surface area contributed by atoms with Crippen molar-refractivity contribution in [1.29, 1.82) is 0 Å². The van der Waals surface area contributed by atoms with Crippen molar-refractivity contribution >= 4 is 23.1 Å². The average Bonchev–Trinajstić information content (AvgIpc) is 3.19. The second-order valence-electron chi connectivity index (χ2n) is 5.51. The van der Waals surface area contributed by atoms with Crippen molar-refractivity contribution < 1.29 is 9.53 Å². The van der Waals surface area contributed by atoms with E-state index in [1.54, 1.807) is 7.05 Å². The Morgan fingerprint density at radius 3 is 2.74 bits per heavy atom. The summed E-state index contributed by atoms with van der Waals surface area (Å²) in [5.74, 6) is -0.511. The highest BCUT2D eigenvalue weighted by molar-refractivity contribution is 7.10. The molecule has 0 fully saturated rings. The van der Waals surface area contributed by atoms with Crippen LogP contribution in [0.5, 0.6) is 0 Å². The van der Waals surface area contributed by atoms with Crippen molar-refractivity contribution in [2.45, 2.75) is 5.92 Å². The molecule has 7 nitrogen and oxygen atoms in total. The summed E-state index contributed by atoms with van der Waals surface area (Å²) < 4.78 is 7.59. The maximum absolute atomic E-state index is 12.7. The van der Waals surface area contributed by atoms with Gasteiger partial charge in [-0.3, -0.25) is 13.9 Å². The number of aromatic nitrogens is 2. The van der Waals surface area contributed by atoms with Gasteiger partial charge in [0.1, 0.15) is 12.4 Å². The molecule has 0 aliphatic carbocycles. The number of nitrogens with one attached hydrogen (secondary N) is 1. The molecule has 0 spiro atoms. The number of hydrogen-bond donors (Lipinski definition) is 1. The third-order valence-electron chi connectivity index (χ3n) is 4.27. The van der Waals surface area contributed by atoms with Crippen LogP contribution in [0.4, 0.5) is 5.82 Å². The minimum atomic E-state index is -0.512. The van der Waals surface area contributed by atoms with Gasteiger partial charge in [0.25, 0.3) is 5.56 Å². The SMILES string of the molecule is Cn1c2c(c(=O)n(C)c1=O)C(c1cccs1)C1=C(COC1=O)N2. The molecule has 0 saturated carbocycles. The van der Waals surface area contributed by atoms with Crippen LogP contribution in [0.2, 0.25) is 0 Å². The second kappa shape index (κ2) is 4.69. The average molecular weight is 331 g/mol. The number of nitrogens with zero attached hydrogens (tertiary/aromatic N) is 2. The molecule has 2 aromatic heterocycles. The number of thiophene rings is 1. The first-order chi connectivity index (χ1) is 11.0. The molecule has 4 heterocycles. The number of fused-ring (bicyclic) bond motifs is 1. The van der Waals surface area contributed by atoms with Crippen LogP contribution in [0.25, 0.3) is 0 Å². The summed E-state index contributed by atoms with van der Waals surface area (Å²) in [4.78, 5) is 38.0. The van der Waals surface area contributed by atoms with Gasteiger partial charge in [-0.2, -0.15) is 0 Å². The van der Waals surface area contributed by atoms with E-state index in [0.29, 0.717) is 22.7 Å². The van der Waals surface area contributed by atoms with E-state index in [1.165, 1.54) is 23.0 Å². The Kier molecular flexibility index (Phi) is 2.86. The Hall–Kier alpha value is -2.61. The van der Waals surface area contributed by atoms with E-state index in [9.17, 15) is 14.4 Å². The Balaban J connectivity index is 2.10. The van der Waals surface area contributed by atoms with Gasteiger partial charge in [0.05, 0.1) is 22.8 Å². The third-order valence-corrected chi connectivity index (χ3v) is 5.20. The largest absolute Gasteiger partial charge is 0.456 e. The molecular weight excluding hydrogens is 318 g/mol. The van der Waals surface area contributed by atoms with Gasteiger partial charge < -0.3 is 10.1 Å².